The first-order chi connectivity index (χ1) is 16.0. The Morgan fingerprint density at radius 3 is 2.52 bits per heavy atom. The molecule has 0 saturated heterocycles. The fourth-order valence-electron chi connectivity index (χ4n) is 3.24. The highest BCUT2D eigenvalue weighted by Crippen LogP contribution is 2.11. The topological polar surface area (TPSA) is 102 Å². The molecule has 3 aromatic heterocycles. The lowest BCUT2D eigenvalue weighted by Crippen LogP contribution is -2.34. The lowest BCUT2D eigenvalue weighted by molar-refractivity contribution is -0.117. The standard InChI is InChI=1S/C25H23N5O3/c1-17-13-18(2)30(29-17)23-11-10-19(15-26-23)16-27-25(32)22(14-21-9-6-12-33-21)28-24(31)20-7-4-3-5-8-20/h3-15H,16H2,1-2H3,(H,27,32)(H,28,31). The van der Waals surface area contributed by atoms with Gasteiger partial charge in [0, 0.05) is 30.1 Å². The number of aromatic nitrogens is 3. The lowest BCUT2D eigenvalue weighted by Gasteiger charge is -2.11. The van der Waals surface area contributed by atoms with Crippen molar-refractivity contribution in [3.05, 3.63) is 107 Å². The van der Waals surface area contributed by atoms with Crippen LogP contribution in [0.2, 0.25) is 0 Å². The van der Waals surface area contributed by atoms with Gasteiger partial charge in [-0.25, -0.2) is 9.67 Å². The second kappa shape index (κ2) is 9.78. The number of carbonyl (C=O) groups is 2. The van der Waals surface area contributed by atoms with E-state index in [-0.39, 0.29) is 18.1 Å². The zero-order chi connectivity index (χ0) is 23.2. The maximum atomic E-state index is 12.9. The molecule has 8 nitrogen and oxygen atoms in total. The van der Waals surface area contributed by atoms with Gasteiger partial charge < -0.3 is 15.1 Å². The Hall–Kier alpha value is -4.46. The van der Waals surface area contributed by atoms with Crippen molar-refractivity contribution in [2.45, 2.75) is 20.4 Å². The van der Waals surface area contributed by atoms with E-state index in [2.05, 4.69) is 20.7 Å². The number of amides is 2. The van der Waals surface area contributed by atoms with Gasteiger partial charge in [-0.05, 0) is 55.8 Å². The van der Waals surface area contributed by atoms with Crippen LogP contribution in [0.5, 0.6) is 0 Å². The van der Waals surface area contributed by atoms with Crippen LogP contribution in [0.4, 0.5) is 0 Å². The van der Waals surface area contributed by atoms with E-state index in [1.807, 2.05) is 38.1 Å². The van der Waals surface area contributed by atoms with Gasteiger partial charge in [-0.15, -0.1) is 0 Å². The molecule has 0 bridgehead atoms. The van der Waals surface area contributed by atoms with Gasteiger partial charge in [0.15, 0.2) is 5.82 Å². The molecular weight excluding hydrogens is 418 g/mol. The molecule has 4 aromatic rings. The average Bonchev–Trinajstić information content (AvgIpc) is 3.46. The summed E-state index contributed by atoms with van der Waals surface area (Å²) >= 11 is 0. The second-order valence-electron chi connectivity index (χ2n) is 7.44. The largest absolute Gasteiger partial charge is 0.465 e. The summed E-state index contributed by atoms with van der Waals surface area (Å²) in [6.45, 7) is 4.13. The molecule has 0 aliphatic rings. The fraction of sp³-hybridized carbons (Fsp3) is 0.120. The van der Waals surface area contributed by atoms with Gasteiger partial charge in [-0.3, -0.25) is 9.59 Å². The van der Waals surface area contributed by atoms with Crippen LogP contribution < -0.4 is 10.6 Å². The SMILES string of the molecule is Cc1cc(C)n(-c2ccc(CNC(=O)C(=Cc3ccco3)NC(=O)c3ccccc3)cn2)n1. The highest BCUT2D eigenvalue weighted by atomic mass is 16.3. The summed E-state index contributed by atoms with van der Waals surface area (Å²) in [5.41, 5.74) is 3.23. The van der Waals surface area contributed by atoms with E-state index in [0.29, 0.717) is 17.1 Å². The minimum atomic E-state index is -0.446. The molecule has 1 aromatic carbocycles. The van der Waals surface area contributed by atoms with Crippen molar-refractivity contribution in [1.82, 2.24) is 25.4 Å². The highest BCUT2D eigenvalue weighted by molar-refractivity contribution is 6.05. The van der Waals surface area contributed by atoms with Crippen LogP contribution in [0.25, 0.3) is 11.9 Å². The van der Waals surface area contributed by atoms with Crippen LogP contribution >= 0.6 is 0 Å². The molecule has 3 heterocycles. The maximum Gasteiger partial charge on any atom is 0.268 e. The molecule has 0 unspecified atom stereocenters. The molecule has 8 heteroatoms. The Balaban J connectivity index is 1.45. The summed E-state index contributed by atoms with van der Waals surface area (Å²) in [4.78, 5) is 29.9. The molecule has 0 aliphatic carbocycles. The van der Waals surface area contributed by atoms with Gasteiger partial charge in [-0.1, -0.05) is 24.3 Å². The highest BCUT2D eigenvalue weighted by Gasteiger charge is 2.15. The van der Waals surface area contributed by atoms with Crippen molar-refractivity contribution < 1.29 is 14.0 Å². The number of hydrogen-bond donors (Lipinski definition) is 2. The van der Waals surface area contributed by atoms with Crippen molar-refractivity contribution in [2.75, 3.05) is 0 Å². The molecule has 166 valence electrons. The number of benzene rings is 1. The van der Waals surface area contributed by atoms with Gasteiger partial charge in [0.1, 0.15) is 11.5 Å². The van der Waals surface area contributed by atoms with Gasteiger partial charge in [0.05, 0.1) is 12.0 Å². The van der Waals surface area contributed by atoms with Crippen LogP contribution in [-0.2, 0) is 11.3 Å². The number of carbonyl (C=O) groups excluding carboxylic acids is 2. The minimum Gasteiger partial charge on any atom is -0.465 e. The van der Waals surface area contributed by atoms with E-state index in [0.717, 1.165) is 17.0 Å². The van der Waals surface area contributed by atoms with Crippen molar-refractivity contribution in [2.24, 2.45) is 0 Å². The number of rotatable bonds is 7. The van der Waals surface area contributed by atoms with Crippen LogP contribution in [0, 0.1) is 13.8 Å². The van der Waals surface area contributed by atoms with E-state index in [1.165, 1.54) is 12.3 Å². The molecule has 2 amide bonds. The minimum absolute atomic E-state index is 0.0750. The lowest BCUT2D eigenvalue weighted by atomic mass is 10.2. The Kier molecular flexibility index (Phi) is 6.45. The Bertz CT molecular complexity index is 1270. The number of nitrogens with one attached hydrogen (secondary N) is 2. The molecule has 0 radical (unpaired) electrons. The van der Waals surface area contributed by atoms with E-state index in [4.69, 9.17) is 4.42 Å². The van der Waals surface area contributed by atoms with Crippen LogP contribution in [-0.4, -0.2) is 26.6 Å². The molecule has 2 N–H and O–H groups in total. The third-order valence-corrected chi connectivity index (χ3v) is 4.85. The third-order valence-electron chi connectivity index (χ3n) is 4.85. The van der Waals surface area contributed by atoms with E-state index >= 15 is 0 Å². The third kappa shape index (κ3) is 5.43. The van der Waals surface area contributed by atoms with Gasteiger partial charge >= 0.3 is 0 Å². The molecule has 0 spiro atoms. The first-order valence-electron chi connectivity index (χ1n) is 10.4. The predicted molar refractivity (Wildman–Crippen MR) is 123 cm³/mol. The monoisotopic (exact) mass is 441 g/mol. The molecule has 33 heavy (non-hydrogen) atoms. The summed E-state index contributed by atoms with van der Waals surface area (Å²) < 4.78 is 7.07. The van der Waals surface area contributed by atoms with Crippen LogP contribution in [0.1, 0.15) is 33.1 Å². The number of nitrogens with zero attached hydrogens (tertiary/aromatic N) is 3. The fourth-order valence-corrected chi connectivity index (χ4v) is 3.24. The molecule has 4 rings (SSSR count). The predicted octanol–water partition coefficient (Wildman–Crippen LogP) is 3.56. The summed E-state index contributed by atoms with van der Waals surface area (Å²) in [6.07, 6.45) is 4.67. The zero-order valence-corrected chi connectivity index (χ0v) is 18.3. The molecular formula is C25H23N5O3. The first-order valence-corrected chi connectivity index (χ1v) is 10.4. The average molecular weight is 441 g/mol. The number of hydrogen-bond acceptors (Lipinski definition) is 5. The van der Waals surface area contributed by atoms with E-state index in [1.54, 1.807) is 47.3 Å². The normalized spacial score (nSPS) is 11.3. The molecule has 0 aliphatic heterocycles. The number of pyridine rings is 1. The first kappa shape index (κ1) is 21.8. The summed E-state index contributed by atoms with van der Waals surface area (Å²) in [7, 11) is 0. The Labute approximate surface area is 191 Å². The van der Waals surface area contributed by atoms with Crippen molar-refractivity contribution in [1.29, 1.82) is 0 Å². The van der Waals surface area contributed by atoms with Gasteiger partial charge in [0.25, 0.3) is 11.8 Å². The summed E-state index contributed by atoms with van der Waals surface area (Å²) in [5, 5.41) is 9.91. The van der Waals surface area contributed by atoms with Gasteiger partial charge in [-0.2, -0.15) is 5.10 Å². The van der Waals surface area contributed by atoms with Gasteiger partial charge in [0.2, 0.25) is 0 Å². The quantitative estimate of drug-likeness (QED) is 0.427. The number of aryl methyl sites for hydroxylation is 2. The zero-order valence-electron chi connectivity index (χ0n) is 18.3. The Morgan fingerprint density at radius 2 is 1.88 bits per heavy atom. The molecule has 0 saturated carbocycles. The number of furan rings is 1. The van der Waals surface area contributed by atoms with E-state index < -0.39 is 5.91 Å². The smallest absolute Gasteiger partial charge is 0.268 e. The van der Waals surface area contributed by atoms with Crippen molar-refractivity contribution in [3.8, 4) is 5.82 Å². The van der Waals surface area contributed by atoms with Crippen molar-refractivity contribution in [3.63, 3.8) is 0 Å². The van der Waals surface area contributed by atoms with Crippen molar-refractivity contribution >= 4 is 17.9 Å². The van der Waals surface area contributed by atoms with Crippen LogP contribution in [0.3, 0.4) is 0 Å². The second-order valence-corrected chi connectivity index (χ2v) is 7.44. The summed E-state index contributed by atoms with van der Waals surface area (Å²) in [5.74, 6) is 0.311. The van der Waals surface area contributed by atoms with E-state index in [9.17, 15) is 9.59 Å². The van der Waals surface area contributed by atoms with Crippen LogP contribution in [0.15, 0.2) is 83.2 Å². The maximum absolute atomic E-state index is 12.9. The molecule has 0 fully saturated rings. The summed E-state index contributed by atoms with van der Waals surface area (Å²) in [6, 6.07) is 17.8. The molecule has 0 atom stereocenters. The Morgan fingerprint density at radius 1 is 1.06 bits per heavy atom.